The fourth-order valence-corrected chi connectivity index (χ4v) is 2.35. The summed E-state index contributed by atoms with van der Waals surface area (Å²) in [5.41, 5.74) is 0. The van der Waals surface area contributed by atoms with Crippen LogP contribution in [0.15, 0.2) is 18.2 Å². The van der Waals surface area contributed by atoms with Crippen LogP contribution >= 0.6 is 79.4 Å². The Bertz CT molecular complexity index is 245. The van der Waals surface area contributed by atoms with Gasteiger partial charge >= 0.3 is 0 Å². The summed E-state index contributed by atoms with van der Waals surface area (Å²) in [5, 5.41) is 0. The molecule has 0 unspecified atom stereocenters. The van der Waals surface area contributed by atoms with Crippen molar-refractivity contribution in [1.82, 2.24) is 0 Å². The smallest absolute Gasteiger partial charge is 0.208 e. The number of hydrogen-bond donors (Lipinski definition) is 0. The van der Waals surface area contributed by atoms with Crippen LogP contribution in [0, 0.1) is 10.7 Å². The van der Waals surface area contributed by atoms with Crippen molar-refractivity contribution in [2.45, 2.75) is 0 Å². The zero-order valence-electron chi connectivity index (χ0n) is 5.73. The molecule has 0 saturated carbocycles. The molecule has 0 N–H and O–H groups in total. The molecule has 0 heterocycles. The van der Waals surface area contributed by atoms with E-state index in [9.17, 15) is 0 Å². The Kier molecular flexibility index (Phi) is 8.63. The number of halogens is 4. The molecule has 0 spiro atoms. The first-order valence-corrected chi connectivity index (χ1v) is 6.44. The molecule has 0 atom stereocenters. The van der Waals surface area contributed by atoms with E-state index in [0.29, 0.717) is 0 Å². The van der Waals surface area contributed by atoms with E-state index in [1.54, 1.807) is 0 Å². The summed E-state index contributed by atoms with van der Waals surface area (Å²) in [6.07, 6.45) is 0. The molecule has 0 radical (unpaired) electrons. The van der Waals surface area contributed by atoms with Crippen LogP contribution in [0.5, 0.6) is 0 Å². The fourth-order valence-electron chi connectivity index (χ4n) is 0.477. The SMILES string of the molecule is Ic1cccc(I)c1I.O=CCl. The first kappa shape index (κ1) is 13.4. The normalized spacial score (nSPS) is 8.33. The molecule has 1 nitrogen and oxygen atoms in total. The maximum absolute atomic E-state index is 8.57. The Balaban J connectivity index is 0.000000354. The number of rotatable bonds is 0. The lowest BCUT2D eigenvalue weighted by molar-refractivity contribution is 0.569. The standard InChI is InChI=1S/C6H3I3.CHClO/c7-4-2-1-3-5(8)6(4)9;2-1-3/h1-3H;1H. The Morgan fingerprint density at radius 3 is 1.75 bits per heavy atom. The van der Waals surface area contributed by atoms with Crippen LogP contribution in [0.2, 0.25) is 0 Å². The average molecular weight is 520 g/mol. The van der Waals surface area contributed by atoms with Gasteiger partial charge < -0.3 is 0 Å². The van der Waals surface area contributed by atoms with Gasteiger partial charge in [-0.15, -0.1) is 0 Å². The van der Waals surface area contributed by atoms with Gasteiger partial charge in [0.15, 0.2) is 0 Å². The highest BCUT2D eigenvalue weighted by Gasteiger charge is 1.96. The summed E-state index contributed by atoms with van der Waals surface area (Å²) in [6, 6.07) is 6.31. The van der Waals surface area contributed by atoms with E-state index in [1.807, 2.05) is 0 Å². The average Bonchev–Trinajstić information content (AvgIpc) is 2.02. The minimum Gasteiger partial charge on any atom is -0.285 e. The van der Waals surface area contributed by atoms with Crippen molar-refractivity contribution in [3.8, 4) is 0 Å². The van der Waals surface area contributed by atoms with Crippen LogP contribution in [0.4, 0.5) is 0 Å². The monoisotopic (exact) mass is 520 g/mol. The fraction of sp³-hybridized carbons (Fsp3) is 0. The minimum atomic E-state index is 0.222. The van der Waals surface area contributed by atoms with E-state index in [0.717, 1.165) is 0 Å². The molecule has 0 fully saturated rings. The lowest BCUT2D eigenvalue weighted by atomic mass is 10.4. The molecule has 0 amide bonds. The number of hydrogen-bond acceptors (Lipinski definition) is 1. The Morgan fingerprint density at radius 2 is 1.50 bits per heavy atom. The second-order valence-electron chi connectivity index (χ2n) is 1.62. The number of benzene rings is 1. The third kappa shape index (κ3) is 5.18. The van der Waals surface area contributed by atoms with Gasteiger partial charge in [-0.1, -0.05) is 6.07 Å². The molecule has 1 rings (SSSR count). The van der Waals surface area contributed by atoms with Crippen molar-refractivity contribution in [2.75, 3.05) is 0 Å². The van der Waals surface area contributed by atoms with Crippen LogP contribution in [0.3, 0.4) is 0 Å². The Labute approximate surface area is 117 Å². The molecule has 0 saturated heterocycles. The van der Waals surface area contributed by atoms with Crippen molar-refractivity contribution in [2.24, 2.45) is 0 Å². The molecule has 0 aliphatic heterocycles. The van der Waals surface area contributed by atoms with E-state index >= 15 is 0 Å². The van der Waals surface area contributed by atoms with Gasteiger partial charge in [-0.25, -0.2) is 0 Å². The largest absolute Gasteiger partial charge is 0.285 e. The molecule has 1 aromatic rings. The van der Waals surface area contributed by atoms with Gasteiger partial charge in [0, 0.05) is 10.7 Å². The summed E-state index contributed by atoms with van der Waals surface area (Å²) in [4.78, 5) is 8.57. The highest BCUT2D eigenvalue weighted by atomic mass is 127. The molecule has 66 valence electrons. The van der Waals surface area contributed by atoms with E-state index in [-0.39, 0.29) is 5.75 Å². The molecule has 0 aliphatic rings. The molecule has 1 aromatic carbocycles. The van der Waals surface area contributed by atoms with Gasteiger partial charge in [0.05, 0.1) is 0 Å². The predicted octanol–water partition coefficient (Wildman–Crippen LogP) is 3.92. The topological polar surface area (TPSA) is 17.1 Å². The van der Waals surface area contributed by atoms with Crippen molar-refractivity contribution < 1.29 is 4.79 Å². The minimum absolute atomic E-state index is 0.222. The van der Waals surface area contributed by atoms with Gasteiger partial charge in [-0.2, -0.15) is 0 Å². The zero-order chi connectivity index (χ0) is 9.56. The molecule has 0 aliphatic carbocycles. The van der Waals surface area contributed by atoms with E-state index in [4.69, 9.17) is 4.79 Å². The Hall–Kier alpha value is 1.37. The lowest BCUT2D eigenvalue weighted by Gasteiger charge is -1.95. The first-order chi connectivity index (χ1) is 5.63. The lowest BCUT2D eigenvalue weighted by Crippen LogP contribution is -1.81. The van der Waals surface area contributed by atoms with Gasteiger partial charge in [0.25, 0.3) is 0 Å². The summed E-state index contributed by atoms with van der Waals surface area (Å²) < 4.78 is 4.02. The van der Waals surface area contributed by atoms with Crippen molar-refractivity contribution >= 4 is 85.1 Å². The van der Waals surface area contributed by atoms with Crippen LogP contribution in [0.25, 0.3) is 0 Å². The van der Waals surface area contributed by atoms with Crippen LogP contribution in [0.1, 0.15) is 0 Å². The molecule has 0 aromatic heterocycles. The predicted molar refractivity (Wildman–Crippen MR) is 77.2 cm³/mol. The van der Waals surface area contributed by atoms with Crippen molar-refractivity contribution in [1.29, 1.82) is 0 Å². The third-order valence-electron chi connectivity index (χ3n) is 0.904. The van der Waals surface area contributed by atoms with E-state index < -0.39 is 0 Å². The maximum Gasteiger partial charge on any atom is 0.208 e. The van der Waals surface area contributed by atoms with Crippen molar-refractivity contribution in [3.05, 3.63) is 28.9 Å². The molecular formula is C7H4ClI3O. The maximum atomic E-state index is 8.57. The second-order valence-corrected chi connectivity index (χ2v) is 5.21. The molecule has 12 heavy (non-hydrogen) atoms. The zero-order valence-corrected chi connectivity index (χ0v) is 13.0. The molecule has 0 bridgehead atoms. The van der Waals surface area contributed by atoms with Gasteiger partial charge in [0.2, 0.25) is 5.75 Å². The van der Waals surface area contributed by atoms with E-state index in [1.165, 1.54) is 10.7 Å². The quantitative estimate of drug-likeness (QED) is 0.220. The highest BCUT2D eigenvalue weighted by Crippen LogP contribution is 2.19. The van der Waals surface area contributed by atoms with Crippen LogP contribution in [-0.2, 0) is 4.79 Å². The van der Waals surface area contributed by atoms with Gasteiger partial charge in [0.1, 0.15) is 0 Å². The second kappa shape index (κ2) is 7.74. The van der Waals surface area contributed by atoms with Crippen molar-refractivity contribution in [3.63, 3.8) is 0 Å². The van der Waals surface area contributed by atoms with Crippen LogP contribution < -0.4 is 0 Å². The molecular weight excluding hydrogens is 516 g/mol. The summed E-state index contributed by atoms with van der Waals surface area (Å²) in [6.45, 7) is 0. The summed E-state index contributed by atoms with van der Waals surface area (Å²) in [7, 11) is 0. The van der Waals surface area contributed by atoms with Gasteiger partial charge in [-0.3, -0.25) is 4.79 Å². The summed E-state index contributed by atoms with van der Waals surface area (Å²) in [5.74, 6) is 0.222. The Morgan fingerprint density at radius 1 is 1.17 bits per heavy atom. The van der Waals surface area contributed by atoms with Gasteiger partial charge in [-0.05, 0) is 91.5 Å². The first-order valence-electron chi connectivity index (χ1n) is 2.76. The summed E-state index contributed by atoms with van der Waals surface area (Å²) >= 11 is 11.3. The third-order valence-corrected chi connectivity index (χ3v) is 5.93. The van der Waals surface area contributed by atoms with E-state index in [2.05, 4.69) is 97.6 Å². The highest BCUT2D eigenvalue weighted by molar-refractivity contribution is 14.1. The number of carbonyl (C=O) groups is 1. The number of carbonyl (C=O) groups excluding carboxylic acids is 1. The van der Waals surface area contributed by atoms with Crippen LogP contribution in [-0.4, -0.2) is 5.75 Å². The molecule has 5 heteroatoms.